The van der Waals surface area contributed by atoms with E-state index in [2.05, 4.69) is 5.10 Å². The number of aliphatic hydroxyl groups excluding tert-OH is 1. The van der Waals surface area contributed by atoms with Gasteiger partial charge >= 0.3 is 0 Å². The van der Waals surface area contributed by atoms with Crippen LogP contribution in [0.2, 0.25) is 0 Å². The predicted octanol–water partition coefficient (Wildman–Crippen LogP) is 3.03. The summed E-state index contributed by atoms with van der Waals surface area (Å²) >= 11 is 0. The van der Waals surface area contributed by atoms with Crippen LogP contribution in [0.15, 0.2) is 24.4 Å². The predicted molar refractivity (Wildman–Crippen MR) is 74.2 cm³/mol. The second kappa shape index (κ2) is 6.22. The molecule has 1 aromatic heterocycles. The highest BCUT2D eigenvalue weighted by molar-refractivity contribution is 5.30. The van der Waals surface area contributed by atoms with E-state index in [4.69, 9.17) is 4.74 Å². The molecule has 0 amide bonds. The van der Waals surface area contributed by atoms with Gasteiger partial charge in [0.2, 0.25) is 0 Å². The topological polar surface area (TPSA) is 47.3 Å². The third-order valence-electron chi connectivity index (χ3n) is 3.17. The zero-order valence-electron chi connectivity index (χ0n) is 12.2. The summed E-state index contributed by atoms with van der Waals surface area (Å²) in [5.74, 6) is -0.879. The number of ether oxygens (including phenoxy) is 1. The average Bonchev–Trinajstić information content (AvgIpc) is 2.81. The molecule has 0 aliphatic rings. The lowest BCUT2D eigenvalue weighted by Gasteiger charge is -2.17. The van der Waals surface area contributed by atoms with Crippen LogP contribution in [0.3, 0.4) is 0 Å². The number of hydrogen-bond donors (Lipinski definition) is 1. The van der Waals surface area contributed by atoms with Gasteiger partial charge in [0.05, 0.1) is 13.3 Å². The fourth-order valence-electron chi connectivity index (χ4n) is 2.29. The van der Waals surface area contributed by atoms with Gasteiger partial charge in [-0.3, -0.25) is 4.68 Å². The molecule has 0 saturated carbocycles. The van der Waals surface area contributed by atoms with E-state index in [0.717, 1.165) is 6.07 Å². The average molecular weight is 296 g/mol. The summed E-state index contributed by atoms with van der Waals surface area (Å²) in [6.45, 7) is 3.84. The molecule has 4 nitrogen and oxygen atoms in total. The van der Waals surface area contributed by atoms with Crippen LogP contribution in [0.25, 0.3) is 0 Å². The van der Waals surface area contributed by atoms with Gasteiger partial charge in [0.15, 0.2) is 5.75 Å². The minimum Gasteiger partial charge on any atom is -0.493 e. The first-order valence-electron chi connectivity index (χ1n) is 6.66. The van der Waals surface area contributed by atoms with E-state index in [1.165, 1.54) is 25.4 Å². The molecule has 1 unspecified atom stereocenters. The van der Waals surface area contributed by atoms with E-state index in [1.807, 2.05) is 13.8 Å². The van der Waals surface area contributed by atoms with Crippen LogP contribution in [-0.2, 0) is 6.42 Å². The van der Waals surface area contributed by atoms with Crippen LogP contribution >= 0.6 is 0 Å². The Kier molecular flexibility index (Phi) is 4.57. The Balaban J connectivity index is 2.31. The fraction of sp³-hybridized carbons (Fsp3) is 0.400. The molecule has 0 fully saturated rings. The Morgan fingerprint density at radius 3 is 2.38 bits per heavy atom. The van der Waals surface area contributed by atoms with E-state index >= 15 is 0 Å². The lowest BCUT2D eigenvalue weighted by molar-refractivity contribution is 0.160. The third kappa shape index (κ3) is 3.39. The summed E-state index contributed by atoms with van der Waals surface area (Å²) in [6.07, 6.45) is 0.625. The third-order valence-corrected chi connectivity index (χ3v) is 3.17. The lowest BCUT2D eigenvalue weighted by atomic mass is 10.0. The standard InChI is InChI=1S/C15H18F2N2O2/c1-9(2)19-15(14(21-3)8-18-19)13(20)6-10-4-11(16)7-12(17)5-10/h4-5,7-9,13,20H,6H2,1-3H3. The van der Waals surface area contributed by atoms with Crippen molar-refractivity contribution in [1.29, 1.82) is 0 Å². The first kappa shape index (κ1) is 15.4. The Hall–Kier alpha value is -1.95. The van der Waals surface area contributed by atoms with Gasteiger partial charge in [-0.15, -0.1) is 0 Å². The number of aliphatic hydroxyl groups is 1. The van der Waals surface area contributed by atoms with Crippen molar-refractivity contribution in [3.63, 3.8) is 0 Å². The molecule has 0 saturated heterocycles. The van der Waals surface area contributed by atoms with Crippen molar-refractivity contribution in [2.24, 2.45) is 0 Å². The first-order chi connectivity index (χ1) is 9.92. The zero-order valence-corrected chi connectivity index (χ0v) is 12.2. The SMILES string of the molecule is COc1cnn(C(C)C)c1C(O)Cc1cc(F)cc(F)c1. The van der Waals surface area contributed by atoms with E-state index in [9.17, 15) is 13.9 Å². The number of aromatic nitrogens is 2. The second-order valence-electron chi connectivity index (χ2n) is 5.13. The van der Waals surface area contributed by atoms with Crippen molar-refractivity contribution >= 4 is 0 Å². The number of rotatable bonds is 5. The molecule has 6 heteroatoms. The van der Waals surface area contributed by atoms with E-state index in [0.29, 0.717) is 17.0 Å². The van der Waals surface area contributed by atoms with Gasteiger partial charge in [-0.2, -0.15) is 5.10 Å². The van der Waals surface area contributed by atoms with Crippen molar-refractivity contribution in [3.8, 4) is 5.75 Å². The number of benzene rings is 1. The normalized spacial score (nSPS) is 12.7. The van der Waals surface area contributed by atoms with Crippen LogP contribution in [0, 0.1) is 11.6 Å². The van der Waals surface area contributed by atoms with Gasteiger partial charge in [-0.1, -0.05) is 0 Å². The van der Waals surface area contributed by atoms with Crippen molar-refractivity contribution in [3.05, 3.63) is 47.3 Å². The molecule has 0 aliphatic carbocycles. The molecule has 0 spiro atoms. The molecule has 114 valence electrons. The highest BCUT2D eigenvalue weighted by atomic mass is 19.1. The zero-order chi connectivity index (χ0) is 15.6. The van der Waals surface area contributed by atoms with Crippen LogP contribution in [0.4, 0.5) is 8.78 Å². The maximum atomic E-state index is 13.2. The van der Waals surface area contributed by atoms with Crippen molar-refractivity contribution in [2.45, 2.75) is 32.4 Å². The molecule has 2 aromatic rings. The largest absolute Gasteiger partial charge is 0.493 e. The molecule has 0 bridgehead atoms. The maximum absolute atomic E-state index is 13.2. The van der Waals surface area contributed by atoms with Crippen molar-refractivity contribution in [2.75, 3.05) is 7.11 Å². The van der Waals surface area contributed by atoms with Crippen LogP contribution < -0.4 is 4.74 Å². The number of hydrogen-bond acceptors (Lipinski definition) is 3. The molecule has 1 N–H and O–H groups in total. The van der Waals surface area contributed by atoms with Gasteiger partial charge < -0.3 is 9.84 Å². The van der Waals surface area contributed by atoms with Gasteiger partial charge in [-0.25, -0.2) is 8.78 Å². The molecule has 1 heterocycles. The molecule has 2 rings (SSSR count). The van der Waals surface area contributed by atoms with Crippen molar-refractivity contribution < 1.29 is 18.6 Å². The highest BCUT2D eigenvalue weighted by Gasteiger charge is 2.22. The molecule has 21 heavy (non-hydrogen) atoms. The Morgan fingerprint density at radius 2 is 1.86 bits per heavy atom. The first-order valence-corrected chi connectivity index (χ1v) is 6.66. The van der Waals surface area contributed by atoms with E-state index in [-0.39, 0.29) is 12.5 Å². The van der Waals surface area contributed by atoms with Gasteiger partial charge in [0.1, 0.15) is 23.4 Å². The van der Waals surface area contributed by atoms with E-state index in [1.54, 1.807) is 4.68 Å². The van der Waals surface area contributed by atoms with Gasteiger partial charge in [0.25, 0.3) is 0 Å². The summed E-state index contributed by atoms with van der Waals surface area (Å²) in [7, 11) is 1.49. The minimum atomic E-state index is -0.967. The van der Waals surface area contributed by atoms with E-state index < -0.39 is 17.7 Å². The van der Waals surface area contributed by atoms with Crippen LogP contribution in [0.5, 0.6) is 5.75 Å². The van der Waals surface area contributed by atoms with Gasteiger partial charge in [0, 0.05) is 18.5 Å². The molecule has 1 atom stereocenters. The summed E-state index contributed by atoms with van der Waals surface area (Å²) in [4.78, 5) is 0. The lowest BCUT2D eigenvalue weighted by Crippen LogP contribution is -2.14. The second-order valence-corrected chi connectivity index (χ2v) is 5.13. The maximum Gasteiger partial charge on any atom is 0.162 e. The molecule has 0 radical (unpaired) electrons. The minimum absolute atomic E-state index is 0.0304. The summed E-state index contributed by atoms with van der Waals surface area (Å²) < 4.78 is 33.2. The summed E-state index contributed by atoms with van der Waals surface area (Å²) in [6, 6.07) is 3.24. The molecular weight excluding hydrogens is 278 g/mol. The fourth-order valence-corrected chi connectivity index (χ4v) is 2.29. The quantitative estimate of drug-likeness (QED) is 0.922. The molecule has 1 aromatic carbocycles. The Labute approximate surface area is 122 Å². The highest BCUT2D eigenvalue weighted by Crippen LogP contribution is 2.29. The Bertz CT molecular complexity index is 606. The Morgan fingerprint density at radius 1 is 1.24 bits per heavy atom. The van der Waals surface area contributed by atoms with Crippen LogP contribution in [-0.4, -0.2) is 22.0 Å². The smallest absolute Gasteiger partial charge is 0.162 e. The number of halogens is 2. The van der Waals surface area contributed by atoms with Crippen LogP contribution in [0.1, 0.15) is 37.3 Å². The van der Waals surface area contributed by atoms with Gasteiger partial charge in [-0.05, 0) is 31.5 Å². The number of nitrogens with zero attached hydrogens (tertiary/aromatic N) is 2. The monoisotopic (exact) mass is 296 g/mol. The number of methoxy groups -OCH3 is 1. The summed E-state index contributed by atoms with van der Waals surface area (Å²) in [5.41, 5.74) is 0.871. The molecular formula is C15H18F2N2O2. The molecule has 0 aliphatic heterocycles. The van der Waals surface area contributed by atoms with Crippen molar-refractivity contribution in [1.82, 2.24) is 9.78 Å². The summed E-state index contributed by atoms with van der Waals surface area (Å²) in [5, 5.41) is 14.6.